The first-order valence-electron chi connectivity index (χ1n) is 8.45. The van der Waals surface area contributed by atoms with Gasteiger partial charge in [-0.25, -0.2) is 0 Å². The Labute approximate surface area is 168 Å². The van der Waals surface area contributed by atoms with Crippen LogP contribution in [0.1, 0.15) is 15.9 Å². The summed E-state index contributed by atoms with van der Waals surface area (Å²) in [7, 11) is 3.18. The summed E-state index contributed by atoms with van der Waals surface area (Å²) in [6, 6.07) is 13.6. The van der Waals surface area contributed by atoms with E-state index in [0.29, 0.717) is 22.9 Å². The number of benzene rings is 2. The number of nitrogens with zero attached hydrogens (tertiary/aromatic N) is 1. The summed E-state index contributed by atoms with van der Waals surface area (Å²) in [6.45, 7) is -0.397. The Hall–Kier alpha value is -3.06. The molecular formula is C20H21ClN2O5. The van der Waals surface area contributed by atoms with Gasteiger partial charge >= 0.3 is 5.97 Å². The first kappa shape index (κ1) is 21.2. The Kier molecular flexibility index (Phi) is 7.83. The monoisotopic (exact) mass is 404 g/mol. The van der Waals surface area contributed by atoms with Gasteiger partial charge in [0, 0.05) is 24.2 Å². The van der Waals surface area contributed by atoms with Crippen LogP contribution in [0.25, 0.3) is 0 Å². The number of esters is 1. The van der Waals surface area contributed by atoms with Gasteiger partial charge in [-0.3, -0.25) is 14.4 Å². The Morgan fingerprint density at radius 3 is 2.50 bits per heavy atom. The lowest BCUT2D eigenvalue weighted by Crippen LogP contribution is -2.34. The highest BCUT2D eigenvalue weighted by molar-refractivity contribution is 6.30. The molecule has 0 saturated heterocycles. The maximum absolute atomic E-state index is 12.1. The molecule has 1 N–H and O–H groups in total. The van der Waals surface area contributed by atoms with E-state index in [-0.39, 0.29) is 12.5 Å². The molecule has 0 radical (unpaired) electrons. The Morgan fingerprint density at radius 1 is 1.11 bits per heavy atom. The number of carbonyl (C=O) groups excluding carboxylic acids is 3. The summed E-state index contributed by atoms with van der Waals surface area (Å²) in [6.07, 6.45) is 0. The number of carbonyl (C=O) groups is 3. The minimum absolute atomic E-state index is 0.339. The van der Waals surface area contributed by atoms with Crippen molar-refractivity contribution in [1.82, 2.24) is 10.2 Å². The molecule has 0 spiro atoms. The first-order valence-corrected chi connectivity index (χ1v) is 8.83. The molecule has 0 aromatic heterocycles. The topological polar surface area (TPSA) is 84.9 Å². The molecule has 0 unspecified atom stereocenters. The fraction of sp³-hybridized carbons (Fsp3) is 0.250. The average molecular weight is 405 g/mol. The average Bonchev–Trinajstić information content (AvgIpc) is 2.70. The van der Waals surface area contributed by atoms with E-state index in [0.717, 1.165) is 5.56 Å². The van der Waals surface area contributed by atoms with E-state index < -0.39 is 18.5 Å². The van der Waals surface area contributed by atoms with Crippen LogP contribution in [0.4, 0.5) is 0 Å². The predicted octanol–water partition coefficient (Wildman–Crippen LogP) is 2.28. The fourth-order valence-electron chi connectivity index (χ4n) is 2.29. The van der Waals surface area contributed by atoms with E-state index in [9.17, 15) is 14.4 Å². The summed E-state index contributed by atoms with van der Waals surface area (Å²) < 4.78 is 10.1. The van der Waals surface area contributed by atoms with Gasteiger partial charge < -0.3 is 19.7 Å². The van der Waals surface area contributed by atoms with Crippen LogP contribution in [0.15, 0.2) is 48.5 Å². The van der Waals surface area contributed by atoms with Gasteiger partial charge in [0.1, 0.15) is 12.3 Å². The van der Waals surface area contributed by atoms with E-state index >= 15 is 0 Å². The molecule has 28 heavy (non-hydrogen) atoms. The molecular weight excluding hydrogens is 384 g/mol. The standard InChI is InChI=1S/C20H21ClN2O5/c1-23(12-14-4-3-5-17(10-14)27-2)18(24)13-28-19(25)11-22-20(26)15-6-8-16(21)9-7-15/h3-10H,11-13H2,1-2H3,(H,22,26). The van der Waals surface area contributed by atoms with Crippen LogP contribution in [0.3, 0.4) is 0 Å². The van der Waals surface area contributed by atoms with Gasteiger partial charge in [0.2, 0.25) is 0 Å². The molecule has 0 saturated carbocycles. The molecule has 0 aliphatic carbocycles. The lowest BCUT2D eigenvalue weighted by Gasteiger charge is -2.17. The molecule has 2 rings (SSSR count). The number of hydrogen-bond acceptors (Lipinski definition) is 5. The van der Waals surface area contributed by atoms with Gasteiger partial charge in [0.25, 0.3) is 11.8 Å². The molecule has 2 amide bonds. The van der Waals surface area contributed by atoms with Gasteiger partial charge in [-0.15, -0.1) is 0 Å². The minimum atomic E-state index is -0.703. The van der Waals surface area contributed by atoms with Gasteiger partial charge in [-0.2, -0.15) is 0 Å². The number of likely N-dealkylation sites (N-methyl/N-ethyl adjacent to an activating group) is 1. The third-order valence-electron chi connectivity index (χ3n) is 3.84. The zero-order valence-corrected chi connectivity index (χ0v) is 16.4. The van der Waals surface area contributed by atoms with Crippen LogP contribution in [0.2, 0.25) is 5.02 Å². The minimum Gasteiger partial charge on any atom is -0.497 e. The fourth-order valence-corrected chi connectivity index (χ4v) is 2.42. The van der Waals surface area contributed by atoms with E-state index in [1.165, 1.54) is 4.90 Å². The maximum atomic E-state index is 12.1. The lowest BCUT2D eigenvalue weighted by atomic mass is 10.2. The summed E-state index contributed by atoms with van der Waals surface area (Å²) in [5, 5.41) is 2.94. The van der Waals surface area contributed by atoms with Gasteiger partial charge in [0.15, 0.2) is 6.61 Å². The summed E-state index contributed by atoms with van der Waals surface area (Å²) in [5.74, 6) is -0.804. The van der Waals surface area contributed by atoms with Crippen molar-refractivity contribution in [3.05, 3.63) is 64.7 Å². The number of rotatable bonds is 8. The van der Waals surface area contributed by atoms with Crippen LogP contribution in [0, 0.1) is 0 Å². The second kappa shape index (κ2) is 10.3. The molecule has 2 aromatic carbocycles. The van der Waals surface area contributed by atoms with Crippen LogP contribution < -0.4 is 10.1 Å². The Morgan fingerprint density at radius 2 is 1.82 bits per heavy atom. The molecule has 0 heterocycles. The number of amides is 2. The molecule has 0 aliphatic rings. The van der Waals surface area contributed by atoms with Crippen LogP contribution in [0.5, 0.6) is 5.75 Å². The van der Waals surface area contributed by atoms with Crippen molar-refractivity contribution in [3.8, 4) is 5.75 Å². The molecule has 0 bridgehead atoms. The summed E-state index contributed by atoms with van der Waals surface area (Å²) >= 11 is 5.76. The van der Waals surface area contributed by atoms with E-state index in [4.69, 9.17) is 21.1 Å². The third-order valence-corrected chi connectivity index (χ3v) is 4.09. The Balaban J connectivity index is 1.74. The van der Waals surface area contributed by atoms with Gasteiger partial charge in [0.05, 0.1) is 7.11 Å². The highest BCUT2D eigenvalue weighted by Gasteiger charge is 2.14. The highest BCUT2D eigenvalue weighted by atomic mass is 35.5. The van der Waals surface area contributed by atoms with Crippen molar-refractivity contribution in [2.45, 2.75) is 6.54 Å². The van der Waals surface area contributed by atoms with E-state index in [1.54, 1.807) is 38.4 Å². The van der Waals surface area contributed by atoms with Gasteiger partial charge in [-0.1, -0.05) is 23.7 Å². The van der Waals surface area contributed by atoms with Gasteiger partial charge in [-0.05, 0) is 42.0 Å². The molecule has 7 nitrogen and oxygen atoms in total. The van der Waals surface area contributed by atoms with Crippen LogP contribution >= 0.6 is 11.6 Å². The maximum Gasteiger partial charge on any atom is 0.325 e. The van der Waals surface area contributed by atoms with Crippen molar-refractivity contribution < 1.29 is 23.9 Å². The zero-order chi connectivity index (χ0) is 20.5. The molecule has 0 aliphatic heterocycles. The van der Waals surface area contributed by atoms with Crippen LogP contribution in [-0.4, -0.2) is 50.0 Å². The molecule has 0 atom stereocenters. The second-order valence-corrected chi connectivity index (χ2v) is 6.39. The van der Waals surface area contributed by atoms with Crippen molar-refractivity contribution >= 4 is 29.4 Å². The van der Waals surface area contributed by atoms with Crippen LogP contribution in [-0.2, 0) is 20.9 Å². The molecule has 0 fully saturated rings. The molecule has 148 valence electrons. The van der Waals surface area contributed by atoms with Crippen molar-refractivity contribution in [1.29, 1.82) is 0 Å². The number of halogens is 1. The first-order chi connectivity index (χ1) is 13.4. The molecule has 2 aromatic rings. The number of nitrogens with one attached hydrogen (secondary N) is 1. The van der Waals surface area contributed by atoms with Crippen molar-refractivity contribution in [2.24, 2.45) is 0 Å². The quantitative estimate of drug-likeness (QED) is 0.682. The molecule has 8 heteroatoms. The number of methoxy groups -OCH3 is 1. The normalized spacial score (nSPS) is 10.1. The highest BCUT2D eigenvalue weighted by Crippen LogP contribution is 2.14. The smallest absolute Gasteiger partial charge is 0.325 e. The van der Waals surface area contributed by atoms with E-state index in [1.807, 2.05) is 24.3 Å². The SMILES string of the molecule is COc1cccc(CN(C)C(=O)COC(=O)CNC(=O)c2ccc(Cl)cc2)c1. The summed E-state index contributed by atoms with van der Waals surface area (Å²) in [4.78, 5) is 37.2. The van der Waals surface area contributed by atoms with Crippen molar-refractivity contribution in [3.63, 3.8) is 0 Å². The number of hydrogen-bond donors (Lipinski definition) is 1. The lowest BCUT2D eigenvalue weighted by molar-refractivity contribution is -0.150. The zero-order valence-electron chi connectivity index (χ0n) is 15.6. The van der Waals surface area contributed by atoms with Crippen molar-refractivity contribution in [2.75, 3.05) is 27.3 Å². The third kappa shape index (κ3) is 6.59. The Bertz CT molecular complexity index is 839. The predicted molar refractivity (Wildman–Crippen MR) is 104 cm³/mol. The largest absolute Gasteiger partial charge is 0.497 e. The van der Waals surface area contributed by atoms with E-state index in [2.05, 4.69) is 5.32 Å². The second-order valence-electron chi connectivity index (χ2n) is 5.95. The summed E-state index contributed by atoms with van der Waals surface area (Å²) in [5.41, 5.74) is 1.25. The number of ether oxygens (including phenoxy) is 2.